The standard InChI is InChI=1S/C25H34N2O.H2/c1-16(28)26-23-15-25(22-5-3-2-4-21(22)23)6-8-27(9-7-25)24-19-11-17-10-18(13-19)14-20(24)12-17;/h2-5,17-20,23-24H,6-15H2,1H3,(H,26,28);1H/t17?,18?,19?,20?,23-,24?;/m0./s1. The Morgan fingerprint density at radius 2 is 1.68 bits per heavy atom. The molecule has 1 saturated heterocycles. The Kier molecular flexibility index (Phi) is 3.95. The van der Waals surface area contributed by atoms with Crippen LogP contribution in [-0.2, 0) is 10.2 Å². The summed E-state index contributed by atoms with van der Waals surface area (Å²) in [6, 6.07) is 10.0. The maximum Gasteiger partial charge on any atom is 0.217 e. The second-order valence-electron chi connectivity index (χ2n) is 10.8. The minimum absolute atomic E-state index is 0. The van der Waals surface area contributed by atoms with Crippen molar-refractivity contribution in [2.75, 3.05) is 13.1 Å². The fourth-order valence-corrected chi connectivity index (χ4v) is 8.48. The zero-order chi connectivity index (χ0) is 18.9. The molecule has 7 rings (SSSR count). The van der Waals surface area contributed by atoms with Gasteiger partial charge in [-0.15, -0.1) is 0 Å². The van der Waals surface area contributed by atoms with Gasteiger partial charge in [-0.2, -0.15) is 0 Å². The second-order valence-corrected chi connectivity index (χ2v) is 10.8. The van der Waals surface area contributed by atoms with Gasteiger partial charge < -0.3 is 5.32 Å². The highest BCUT2D eigenvalue weighted by molar-refractivity contribution is 5.73. The van der Waals surface area contributed by atoms with Crippen LogP contribution in [0, 0.1) is 23.7 Å². The molecule has 3 heteroatoms. The number of fused-ring (bicyclic) bond motifs is 2. The molecule has 1 N–H and O–H groups in total. The van der Waals surface area contributed by atoms with Crippen molar-refractivity contribution in [2.45, 2.75) is 75.8 Å². The van der Waals surface area contributed by atoms with Crippen molar-refractivity contribution in [3.8, 4) is 0 Å². The highest BCUT2D eigenvalue weighted by Crippen LogP contribution is 2.57. The Morgan fingerprint density at radius 1 is 1.04 bits per heavy atom. The maximum atomic E-state index is 11.8. The van der Waals surface area contributed by atoms with Gasteiger partial charge >= 0.3 is 0 Å². The van der Waals surface area contributed by atoms with Crippen molar-refractivity contribution in [3.05, 3.63) is 35.4 Å². The van der Waals surface area contributed by atoms with Crippen LogP contribution < -0.4 is 5.32 Å². The second kappa shape index (κ2) is 6.32. The van der Waals surface area contributed by atoms with Crippen LogP contribution in [0.2, 0.25) is 0 Å². The number of hydrogen-bond acceptors (Lipinski definition) is 2. The average Bonchev–Trinajstić information content (AvgIpc) is 2.95. The van der Waals surface area contributed by atoms with E-state index in [0.717, 1.165) is 36.1 Å². The summed E-state index contributed by atoms with van der Waals surface area (Å²) in [6.07, 6.45) is 11.3. The fourth-order valence-electron chi connectivity index (χ4n) is 8.48. The highest BCUT2D eigenvalue weighted by atomic mass is 16.1. The molecule has 0 unspecified atom stereocenters. The lowest BCUT2D eigenvalue weighted by molar-refractivity contribution is -0.119. The number of benzene rings is 1. The molecule has 0 aromatic heterocycles. The van der Waals surface area contributed by atoms with E-state index in [9.17, 15) is 4.79 Å². The molecular weight excluding hydrogens is 344 g/mol. The van der Waals surface area contributed by atoms with Crippen molar-refractivity contribution >= 4 is 5.91 Å². The number of amides is 1. The SMILES string of the molecule is CC(=O)N[C@H]1CC2(CCN(C3C4CC5CC(C4)CC3C5)CC2)c2ccccc21.[HH]. The number of hydrogen-bond donors (Lipinski definition) is 1. The van der Waals surface area contributed by atoms with E-state index in [1.807, 2.05) is 0 Å². The topological polar surface area (TPSA) is 32.3 Å². The molecule has 1 amide bonds. The summed E-state index contributed by atoms with van der Waals surface area (Å²) in [5.41, 5.74) is 3.19. The first-order valence-corrected chi connectivity index (χ1v) is 11.7. The summed E-state index contributed by atoms with van der Waals surface area (Å²) in [4.78, 5) is 14.7. The van der Waals surface area contributed by atoms with Crippen molar-refractivity contribution in [3.63, 3.8) is 0 Å². The first-order valence-electron chi connectivity index (χ1n) is 11.7. The lowest BCUT2D eigenvalue weighted by Crippen LogP contribution is -2.58. The zero-order valence-electron chi connectivity index (χ0n) is 17.2. The van der Waals surface area contributed by atoms with Gasteiger partial charge in [0.25, 0.3) is 0 Å². The first kappa shape index (κ1) is 17.5. The molecule has 6 aliphatic rings. The fraction of sp³-hybridized carbons (Fsp3) is 0.720. The van der Waals surface area contributed by atoms with Crippen LogP contribution in [0.15, 0.2) is 24.3 Å². The van der Waals surface area contributed by atoms with Crippen molar-refractivity contribution in [2.24, 2.45) is 23.7 Å². The number of nitrogens with one attached hydrogen (secondary N) is 1. The number of likely N-dealkylation sites (tertiary alicyclic amines) is 1. The van der Waals surface area contributed by atoms with E-state index in [4.69, 9.17) is 0 Å². The molecule has 1 aromatic carbocycles. The molecule has 5 aliphatic carbocycles. The predicted octanol–water partition coefficient (Wildman–Crippen LogP) is 4.67. The molecular formula is C25H36N2O. The normalized spacial score (nSPS) is 40.6. The van der Waals surface area contributed by atoms with Crippen LogP contribution in [0.1, 0.15) is 76.9 Å². The van der Waals surface area contributed by atoms with Crippen LogP contribution >= 0.6 is 0 Å². The number of piperidine rings is 1. The smallest absolute Gasteiger partial charge is 0.217 e. The van der Waals surface area contributed by atoms with E-state index >= 15 is 0 Å². The third-order valence-electron chi connectivity index (χ3n) is 9.23. The molecule has 1 atom stereocenters. The van der Waals surface area contributed by atoms with Crippen LogP contribution in [0.5, 0.6) is 0 Å². The molecule has 4 saturated carbocycles. The van der Waals surface area contributed by atoms with Crippen molar-refractivity contribution < 1.29 is 6.22 Å². The molecule has 1 heterocycles. The van der Waals surface area contributed by atoms with Gasteiger partial charge in [0.15, 0.2) is 0 Å². The van der Waals surface area contributed by atoms with Gasteiger partial charge in [-0.25, -0.2) is 0 Å². The van der Waals surface area contributed by atoms with E-state index in [1.54, 1.807) is 13.3 Å². The van der Waals surface area contributed by atoms with Gasteiger partial charge in [-0.1, -0.05) is 24.3 Å². The Labute approximate surface area is 170 Å². The van der Waals surface area contributed by atoms with E-state index in [0.29, 0.717) is 0 Å². The van der Waals surface area contributed by atoms with E-state index < -0.39 is 0 Å². The largest absolute Gasteiger partial charge is 0.349 e. The van der Waals surface area contributed by atoms with Gasteiger partial charge in [-0.3, -0.25) is 9.69 Å². The lowest BCUT2D eigenvalue weighted by atomic mass is 9.53. The Morgan fingerprint density at radius 3 is 2.32 bits per heavy atom. The third kappa shape index (κ3) is 2.61. The highest BCUT2D eigenvalue weighted by Gasteiger charge is 2.52. The molecule has 3 nitrogen and oxygen atoms in total. The summed E-state index contributed by atoms with van der Waals surface area (Å²) >= 11 is 0. The molecule has 1 aliphatic heterocycles. The van der Waals surface area contributed by atoms with Crippen LogP contribution in [0.4, 0.5) is 0 Å². The number of rotatable bonds is 2. The zero-order valence-corrected chi connectivity index (χ0v) is 17.2. The summed E-state index contributed by atoms with van der Waals surface area (Å²) in [7, 11) is 0. The molecule has 0 radical (unpaired) electrons. The average molecular weight is 381 g/mol. The number of carbonyl (C=O) groups excluding carboxylic acids is 1. The summed E-state index contributed by atoms with van der Waals surface area (Å²) < 4.78 is 0. The third-order valence-corrected chi connectivity index (χ3v) is 9.23. The van der Waals surface area contributed by atoms with E-state index in [1.165, 1.54) is 62.7 Å². The van der Waals surface area contributed by atoms with Gasteiger partial charge in [0, 0.05) is 19.8 Å². The molecule has 1 spiro atoms. The molecule has 152 valence electrons. The van der Waals surface area contributed by atoms with Gasteiger partial charge in [-0.05, 0) is 99.3 Å². The minimum atomic E-state index is 0. The summed E-state index contributed by atoms with van der Waals surface area (Å²) in [5.74, 6) is 4.22. The summed E-state index contributed by atoms with van der Waals surface area (Å²) in [6.45, 7) is 4.17. The Bertz CT molecular complexity index is 757. The summed E-state index contributed by atoms with van der Waals surface area (Å²) in [5, 5.41) is 3.23. The minimum Gasteiger partial charge on any atom is -0.349 e. The van der Waals surface area contributed by atoms with Crippen LogP contribution in [0.25, 0.3) is 0 Å². The van der Waals surface area contributed by atoms with Gasteiger partial charge in [0.1, 0.15) is 0 Å². The molecule has 4 bridgehead atoms. The van der Waals surface area contributed by atoms with Crippen molar-refractivity contribution in [1.82, 2.24) is 10.2 Å². The quantitative estimate of drug-likeness (QED) is 0.808. The molecule has 1 aromatic rings. The molecule has 28 heavy (non-hydrogen) atoms. The van der Waals surface area contributed by atoms with Gasteiger partial charge in [0.05, 0.1) is 6.04 Å². The Hall–Kier alpha value is -1.35. The predicted molar refractivity (Wildman–Crippen MR) is 113 cm³/mol. The van der Waals surface area contributed by atoms with E-state index in [-0.39, 0.29) is 18.8 Å². The monoisotopic (exact) mass is 380 g/mol. The van der Waals surface area contributed by atoms with E-state index in [2.05, 4.69) is 34.5 Å². The lowest BCUT2D eigenvalue weighted by Gasteiger charge is -2.58. The van der Waals surface area contributed by atoms with Crippen molar-refractivity contribution in [1.29, 1.82) is 0 Å². The van der Waals surface area contributed by atoms with Crippen LogP contribution in [-0.4, -0.2) is 29.9 Å². The van der Waals surface area contributed by atoms with Crippen LogP contribution in [0.3, 0.4) is 0 Å². The number of nitrogens with zero attached hydrogens (tertiary/aromatic N) is 1. The first-order chi connectivity index (χ1) is 13.6. The molecule has 5 fully saturated rings. The maximum absolute atomic E-state index is 11.8. The van der Waals surface area contributed by atoms with Gasteiger partial charge in [0.2, 0.25) is 5.91 Å². The number of carbonyl (C=O) groups is 1. The Balaban J connectivity index is 0.00000181.